The summed E-state index contributed by atoms with van der Waals surface area (Å²) in [6.45, 7) is 6.67. The summed E-state index contributed by atoms with van der Waals surface area (Å²) in [7, 11) is 0. The third-order valence-corrected chi connectivity index (χ3v) is 14.5. The maximum Gasteiger partial charge on any atom is 0.306 e. The van der Waals surface area contributed by atoms with E-state index in [0.29, 0.717) is 19.3 Å². The third-order valence-electron chi connectivity index (χ3n) is 14.5. The summed E-state index contributed by atoms with van der Waals surface area (Å²) in [5.74, 6) is -0.856. The lowest BCUT2D eigenvalue weighted by Crippen LogP contribution is -2.30. The van der Waals surface area contributed by atoms with E-state index in [4.69, 9.17) is 14.2 Å². The maximum atomic E-state index is 12.9. The van der Waals surface area contributed by atoms with E-state index in [1.165, 1.54) is 238 Å². The Hall–Kier alpha value is -2.11. The Labute approximate surface area is 443 Å². The molecule has 0 spiro atoms. The van der Waals surface area contributed by atoms with E-state index in [1.807, 2.05) is 0 Å². The number of carbonyl (C=O) groups excluding carboxylic acids is 3. The van der Waals surface area contributed by atoms with Gasteiger partial charge in [-0.25, -0.2) is 0 Å². The lowest BCUT2D eigenvalue weighted by molar-refractivity contribution is -0.167. The van der Waals surface area contributed by atoms with E-state index >= 15 is 0 Å². The molecule has 0 aliphatic heterocycles. The highest BCUT2D eigenvalue weighted by atomic mass is 16.6. The van der Waals surface area contributed by atoms with Gasteiger partial charge in [-0.05, 0) is 51.4 Å². The van der Waals surface area contributed by atoms with Crippen molar-refractivity contribution in [3.05, 3.63) is 24.3 Å². The van der Waals surface area contributed by atoms with E-state index in [-0.39, 0.29) is 31.1 Å². The molecule has 1 atom stereocenters. The van der Waals surface area contributed by atoms with Gasteiger partial charge < -0.3 is 14.2 Å². The van der Waals surface area contributed by atoms with Gasteiger partial charge in [0.15, 0.2) is 6.10 Å². The maximum absolute atomic E-state index is 12.9. The summed E-state index contributed by atoms with van der Waals surface area (Å²) in [4.78, 5) is 38.3. The fraction of sp³-hybridized carbons (Fsp3) is 0.892. The topological polar surface area (TPSA) is 78.9 Å². The van der Waals surface area contributed by atoms with Gasteiger partial charge in [-0.2, -0.15) is 0 Å². The lowest BCUT2D eigenvalue weighted by atomic mass is 10.0. The van der Waals surface area contributed by atoms with Gasteiger partial charge in [-0.3, -0.25) is 14.4 Å². The van der Waals surface area contributed by atoms with Crippen LogP contribution in [0.3, 0.4) is 0 Å². The zero-order valence-electron chi connectivity index (χ0n) is 48.0. The fourth-order valence-electron chi connectivity index (χ4n) is 9.65. The average molecular weight is 1000 g/mol. The van der Waals surface area contributed by atoms with Crippen molar-refractivity contribution in [2.45, 2.75) is 361 Å². The molecule has 0 fully saturated rings. The van der Waals surface area contributed by atoms with Gasteiger partial charge in [0, 0.05) is 19.3 Å². The molecule has 0 amide bonds. The van der Waals surface area contributed by atoms with Crippen LogP contribution in [0.5, 0.6) is 0 Å². The molecule has 0 saturated carbocycles. The Balaban J connectivity index is 4.30. The molecule has 0 aromatic carbocycles. The summed E-state index contributed by atoms with van der Waals surface area (Å²) in [5, 5.41) is 0. The average Bonchev–Trinajstić information content (AvgIpc) is 3.37. The number of esters is 3. The SMILES string of the molecule is CCCCC/C=C\C/C=C\CCCCCCCC(=O)OCC(COC(=O)CCCCCCCCCCCCCCCCCCCCCC)OC(=O)CCCCCCCCCCCCCCCCCCCC. The van der Waals surface area contributed by atoms with Crippen molar-refractivity contribution in [3.63, 3.8) is 0 Å². The first-order valence-electron chi connectivity index (χ1n) is 31.8. The van der Waals surface area contributed by atoms with Crippen molar-refractivity contribution in [2.24, 2.45) is 0 Å². The van der Waals surface area contributed by atoms with Gasteiger partial charge in [0.25, 0.3) is 0 Å². The number of allylic oxidation sites excluding steroid dienone is 4. The van der Waals surface area contributed by atoms with E-state index in [1.54, 1.807) is 0 Å². The first kappa shape index (κ1) is 68.9. The van der Waals surface area contributed by atoms with Crippen LogP contribution in [0.1, 0.15) is 355 Å². The van der Waals surface area contributed by atoms with Gasteiger partial charge >= 0.3 is 17.9 Å². The molecular formula is C65H122O6. The fourth-order valence-corrected chi connectivity index (χ4v) is 9.65. The molecule has 6 heteroatoms. The highest BCUT2D eigenvalue weighted by molar-refractivity contribution is 5.71. The molecule has 0 rings (SSSR count). The molecule has 6 nitrogen and oxygen atoms in total. The predicted octanol–water partition coefficient (Wildman–Crippen LogP) is 21.4. The van der Waals surface area contributed by atoms with Gasteiger partial charge in [-0.15, -0.1) is 0 Å². The number of hydrogen-bond donors (Lipinski definition) is 0. The van der Waals surface area contributed by atoms with E-state index in [0.717, 1.165) is 77.0 Å². The second-order valence-electron chi connectivity index (χ2n) is 21.7. The molecule has 0 heterocycles. The van der Waals surface area contributed by atoms with Crippen LogP contribution in [0.2, 0.25) is 0 Å². The highest BCUT2D eigenvalue weighted by Crippen LogP contribution is 2.18. The molecule has 0 aliphatic carbocycles. The third kappa shape index (κ3) is 58.7. The summed E-state index contributed by atoms with van der Waals surface area (Å²) < 4.78 is 16.9. The smallest absolute Gasteiger partial charge is 0.306 e. The largest absolute Gasteiger partial charge is 0.462 e. The molecular weight excluding hydrogens is 877 g/mol. The van der Waals surface area contributed by atoms with Gasteiger partial charge in [-0.1, -0.05) is 308 Å². The van der Waals surface area contributed by atoms with Gasteiger partial charge in [0.05, 0.1) is 0 Å². The van der Waals surface area contributed by atoms with Crippen LogP contribution in [0.4, 0.5) is 0 Å². The molecule has 0 N–H and O–H groups in total. The Bertz CT molecular complexity index is 1150. The summed E-state index contributed by atoms with van der Waals surface area (Å²) in [6, 6.07) is 0. The summed E-state index contributed by atoms with van der Waals surface area (Å²) >= 11 is 0. The predicted molar refractivity (Wildman–Crippen MR) is 307 cm³/mol. The van der Waals surface area contributed by atoms with Crippen molar-refractivity contribution in [1.29, 1.82) is 0 Å². The second-order valence-corrected chi connectivity index (χ2v) is 21.7. The number of carbonyl (C=O) groups is 3. The van der Waals surface area contributed by atoms with Crippen LogP contribution in [0, 0.1) is 0 Å². The van der Waals surface area contributed by atoms with E-state index in [2.05, 4.69) is 45.1 Å². The molecule has 418 valence electrons. The molecule has 0 bridgehead atoms. The molecule has 0 saturated heterocycles. The molecule has 1 unspecified atom stereocenters. The Morgan fingerprint density at radius 1 is 0.282 bits per heavy atom. The Morgan fingerprint density at radius 2 is 0.507 bits per heavy atom. The lowest BCUT2D eigenvalue weighted by Gasteiger charge is -2.18. The minimum absolute atomic E-state index is 0.0696. The normalized spacial score (nSPS) is 12.1. The zero-order valence-corrected chi connectivity index (χ0v) is 48.0. The standard InChI is InChI=1S/C65H122O6/c1-4-7-10-13-16-19-22-25-28-30-32-33-35-37-40-43-46-49-52-55-58-64(67)70-61-62(60-69-63(66)57-54-51-48-45-42-39-36-27-24-21-18-15-12-9-6-3)71-65(68)59-56-53-50-47-44-41-38-34-31-29-26-23-20-17-14-11-8-5-2/h18,21,27,36,62H,4-17,19-20,22-26,28-35,37-61H2,1-3H3/b21-18-,36-27-. The van der Waals surface area contributed by atoms with E-state index in [9.17, 15) is 14.4 Å². The minimum Gasteiger partial charge on any atom is -0.462 e. The number of rotatable bonds is 59. The van der Waals surface area contributed by atoms with Crippen molar-refractivity contribution in [3.8, 4) is 0 Å². The highest BCUT2D eigenvalue weighted by Gasteiger charge is 2.19. The van der Waals surface area contributed by atoms with Gasteiger partial charge in [0.1, 0.15) is 13.2 Å². The second kappa shape index (κ2) is 60.4. The van der Waals surface area contributed by atoms with Crippen molar-refractivity contribution in [2.75, 3.05) is 13.2 Å². The van der Waals surface area contributed by atoms with Crippen molar-refractivity contribution >= 4 is 17.9 Å². The monoisotopic (exact) mass is 999 g/mol. The van der Waals surface area contributed by atoms with Crippen LogP contribution in [0.15, 0.2) is 24.3 Å². The number of unbranched alkanes of at least 4 members (excludes halogenated alkanes) is 44. The van der Waals surface area contributed by atoms with Crippen LogP contribution >= 0.6 is 0 Å². The van der Waals surface area contributed by atoms with Crippen molar-refractivity contribution < 1.29 is 28.6 Å². The van der Waals surface area contributed by atoms with E-state index < -0.39 is 6.10 Å². The molecule has 0 aromatic rings. The van der Waals surface area contributed by atoms with Crippen LogP contribution < -0.4 is 0 Å². The van der Waals surface area contributed by atoms with Crippen LogP contribution in [0.25, 0.3) is 0 Å². The molecule has 0 radical (unpaired) electrons. The minimum atomic E-state index is -0.773. The first-order chi connectivity index (χ1) is 35.0. The quantitative estimate of drug-likeness (QED) is 0.0261. The van der Waals surface area contributed by atoms with Crippen LogP contribution in [-0.4, -0.2) is 37.2 Å². The number of ether oxygens (including phenoxy) is 3. The Kier molecular flexibility index (Phi) is 58.6. The Morgan fingerprint density at radius 3 is 0.803 bits per heavy atom. The summed E-state index contributed by atoms with van der Waals surface area (Å²) in [5.41, 5.74) is 0. The molecule has 0 aliphatic rings. The number of hydrogen-bond acceptors (Lipinski definition) is 6. The zero-order chi connectivity index (χ0) is 51.4. The molecule has 0 aromatic heterocycles. The van der Waals surface area contributed by atoms with Crippen LogP contribution in [-0.2, 0) is 28.6 Å². The first-order valence-corrected chi connectivity index (χ1v) is 31.8. The molecule has 71 heavy (non-hydrogen) atoms. The van der Waals surface area contributed by atoms with Gasteiger partial charge in [0.2, 0.25) is 0 Å². The summed E-state index contributed by atoms with van der Waals surface area (Å²) in [6.07, 6.45) is 71.8. The van der Waals surface area contributed by atoms with Crippen molar-refractivity contribution in [1.82, 2.24) is 0 Å².